The zero-order chi connectivity index (χ0) is 19.6. The van der Waals surface area contributed by atoms with Crippen LogP contribution in [0.5, 0.6) is 5.75 Å². The number of aromatic amines is 1. The molecule has 0 bridgehead atoms. The van der Waals surface area contributed by atoms with Crippen LogP contribution in [0.1, 0.15) is 77.2 Å². The Kier molecular flexibility index (Phi) is 5.68. The Hall–Kier alpha value is -2.56. The van der Waals surface area contributed by atoms with E-state index >= 15 is 0 Å². The number of fused-ring (bicyclic) bond motifs is 1. The molecule has 0 saturated heterocycles. The monoisotopic (exact) mass is 369 g/mol. The second-order valence-electron chi connectivity index (χ2n) is 7.13. The van der Waals surface area contributed by atoms with Gasteiger partial charge in [0.1, 0.15) is 11.4 Å². The number of carbonyl (C=O) groups excluding carboxylic acids is 2. The van der Waals surface area contributed by atoms with Gasteiger partial charge in [-0.05, 0) is 62.8 Å². The first-order valence-electron chi connectivity index (χ1n) is 9.62. The highest BCUT2D eigenvalue weighted by molar-refractivity contribution is 6.03. The van der Waals surface area contributed by atoms with E-state index in [4.69, 9.17) is 9.47 Å². The molecular weight excluding hydrogens is 342 g/mol. The lowest BCUT2D eigenvalue weighted by molar-refractivity contribution is 0.0327. The van der Waals surface area contributed by atoms with Crippen LogP contribution in [0.4, 0.5) is 0 Å². The predicted octanol–water partition coefficient (Wildman–Crippen LogP) is 4.59. The number of rotatable bonds is 6. The third-order valence-electron chi connectivity index (χ3n) is 5.24. The van der Waals surface area contributed by atoms with E-state index in [-0.39, 0.29) is 23.8 Å². The summed E-state index contributed by atoms with van der Waals surface area (Å²) in [6, 6.07) is 7.91. The summed E-state index contributed by atoms with van der Waals surface area (Å²) in [5, 5.41) is 0. The van der Waals surface area contributed by atoms with Gasteiger partial charge in [0.15, 0.2) is 5.78 Å². The number of H-pyrrole nitrogens is 1. The van der Waals surface area contributed by atoms with Crippen LogP contribution in [0.25, 0.3) is 0 Å². The molecule has 0 unspecified atom stereocenters. The highest BCUT2D eigenvalue weighted by Gasteiger charge is 2.32. The second-order valence-corrected chi connectivity index (χ2v) is 7.13. The molecule has 1 aliphatic carbocycles. The van der Waals surface area contributed by atoms with Crippen molar-refractivity contribution in [3.63, 3.8) is 0 Å². The lowest BCUT2D eigenvalue weighted by atomic mass is 9.81. The van der Waals surface area contributed by atoms with Gasteiger partial charge in [0.2, 0.25) is 0 Å². The summed E-state index contributed by atoms with van der Waals surface area (Å²) in [7, 11) is 0. The number of carbonyl (C=O) groups is 2. The smallest absolute Gasteiger partial charge is 0.355 e. The summed E-state index contributed by atoms with van der Waals surface area (Å²) in [6.45, 7) is 8.23. The van der Waals surface area contributed by atoms with Crippen LogP contribution in [-0.2, 0) is 11.2 Å². The Bertz CT molecular complexity index is 835. The van der Waals surface area contributed by atoms with E-state index < -0.39 is 0 Å². The molecular formula is C22H27NO4. The number of hydrogen-bond donors (Lipinski definition) is 1. The fourth-order valence-electron chi connectivity index (χ4n) is 3.60. The number of hydrogen-bond acceptors (Lipinski definition) is 4. The van der Waals surface area contributed by atoms with Crippen molar-refractivity contribution in [2.75, 3.05) is 6.61 Å². The predicted molar refractivity (Wildman–Crippen MR) is 104 cm³/mol. The third kappa shape index (κ3) is 3.92. The Morgan fingerprint density at radius 3 is 2.56 bits per heavy atom. The van der Waals surface area contributed by atoms with Gasteiger partial charge in [-0.1, -0.05) is 19.1 Å². The largest absolute Gasteiger partial charge is 0.494 e. The maximum atomic E-state index is 12.8. The first kappa shape index (κ1) is 19.2. The Morgan fingerprint density at radius 1 is 1.22 bits per heavy atom. The van der Waals surface area contributed by atoms with Crippen molar-refractivity contribution >= 4 is 11.8 Å². The summed E-state index contributed by atoms with van der Waals surface area (Å²) in [4.78, 5) is 28.4. The molecule has 3 rings (SSSR count). The van der Waals surface area contributed by atoms with Crippen molar-refractivity contribution in [2.45, 2.75) is 59.0 Å². The van der Waals surface area contributed by atoms with E-state index in [0.29, 0.717) is 36.3 Å². The average molecular weight is 369 g/mol. The van der Waals surface area contributed by atoms with Crippen molar-refractivity contribution in [3.8, 4) is 5.75 Å². The summed E-state index contributed by atoms with van der Waals surface area (Å²) in [6.07, 6.45) is 1.75. The van der Waals surface area contributed by atoms with E-state index in [1.807, 2.05) is 52.0 Å². The standard InChI is InChI=1S/C22H27NO4/c1-5-13(3)27-22(25)21-14(4)20-18(23-21)11-16(12-19(20)24)15-7-9-17(10-8-15)26-6-2/h7-10,13,16,23H,5-6,11-12H2,1-4H3/t13-,16-/m1/s1. The molecule has 1 N–H and O–H groups in total. The van der Waals surface area contributed by atoms with E-state index in [9.17, 15) is 9.59 Å². The highest BCUT2D eigenvalue weighted by atomic mass is 16.5. The number of Topliss-reactive ketones (excluding diaryl/α,β-unsaturated/α-hetero) is 1. The third-order valence-corrected chi connectivity index (χ3v) is 5.24. The number of benzene rings is 1. The van der Waals surface area contributed by atoms with E-state index in [1.165, 1.54) is 0 Å². The molecule has 0 spiro atoms. The van der Waals surface area contributed by atoms with Gasteiger partial charge in [-0.2, -0.15) is 0 Å². The van der Waals surface area contributed by atoms with Crippen molar-refractivity contribution in [3.05, 3.63) is 52.3 Å². The number of esters is 1. The van der Waals surface area contributed by atoms with Crippen LogP contribution in [0, 0.1) is 6.92 Å². The summed E-state index contributed by atoms with van der Waals surface area (Å²) in [5.41, 5.74) is 3.70. The zero-order valence-corrected chi connectivity index (χ0v) is 16.4. The van der Waals surface area contributed by atoms with Gasteiger partial charge in [-0.15, -0.1) is 0 Å². The minimum atomic E-state index is -0.387. The summed E-state index contributed by atoms with van der Waals surface area (Å²) in [5.74, 6) is 0.611. The lowest BCUT2D eigenvalue weighted by Crippen LogP contribution is -2.18. The number of ether oxygens (including phenoxy) is 2. The molecule has 0 amide bonds. The van der Waals surface area contributed by atoms with Crippen LogP contribution < -0.4 is 4.74 Å². The zero-order valence-electron chi connectivity index (χ0n) is 16.4. The van der Waals surface area contributed by atoms with Crippen LogP contribution in [-0.4, -0.2) is 29.4 Å². The van der Waals surface area contributed by atoms with Crippen LogP contribution >= 0.6 is 0 Å². The molecule has 0 radical (unpaired) electrons. The van der Waals surface area contributed by atoms with Crippen LogP contribution in [0.2, 0.25) is 0 Å². The van der Waals surface area contributed by atoms with E-state index in [0.717, 1.165) is 23.4 Å². The molecule has 1 aromatic carbocycles. The fraction of sp³-hybridized carbons (Fsp3) is 0.455. The fourth-order valence-corrected chi connectivity index (χ4v) is 3.60. The van der Waals surface area contributed by atoms with E-state index in [1.54, 1.807) is 0 Å². The lowest BCUT2D eigenvalue weighted by Gasteiger charge is -2.22. The molecule has 1 aliphatic rings. The molecule has 144 valence electrons. The number of nitrogens with one attached hydrogen (secondary N) is 1. The molecule has 5 nitrogen and oxygen atoms in total. The molecule has 1 heterocycles. The first-order valence-corrected chi connectivity index (χ1v) is 9.62. The van der Waals surface area contributed by atoms with Gasteiger partial charge in [0.05, 0.1) is 12.7 Å². The van der Waals surface area contributed by atoms with Gasteiger partial charge in [-0.25, -0.2) is 4.79 Å². The van der Waals surface area contributed by atoms with Crippen molar-refractivity contribution in [2.24, 2.45) is 0 Å². The van der Waals surface area contributed by atoms with Crippen LogP contribution in [0.15, 0.2) is 24.3 Å². The molecule has 0 saturated carbocycles. The van der Waals surface area contributed by atoms with Gasteiger partial charge in [0, 0.05) is 17.7 Å². The molecule has 2 atom stereocenters. The van der Waals surface area contributed by atoms with Crippen molar-refractivity contribution in [1.82, 2.24) is 4.98 Å². The SMILES string of the molecule is CCOc1ccc([C@H]2CC(=O)c3c([nH]c(C(=O)O[C@H](C)CC)c3C)C2)cc1. The second kappa shape index (κ2) is 7.99. The quantitative estimate of drug-likeness (QED) is 0.756. The Morgan fingerprint density at radius 2 is 1.93 bits per heavy atom. The van der Waals surface area contributed by atoms with Gasteiger partial charge in [-0.3, -0.25) is 4.79 Å². The average Bonchev–Trinajstić information content (AvgIpc) is 2.99. The van der Waals surface area contributed by atoms with Crippen molar-refractivity contribution in [1.29, 1.82) is 0 Å². The molecule has 5 heteroatoms. The van der Waals surface area contributed by atoms with Crippen molar-refractivity contribution < 1.29 is 19.1 Å². The minimum absolute atomic E-state index is 0.0754. The Labute approximate surface area is 160 Å². The number of aromatic nitrogens is 1. The van der Waals surface area contributed by atoms with Gasteiger partial charge in [0.25, 0.3) is 0 Å². The summed E-state index contributed by atoms with van der Waals surface area (Å²) >= 11 is 0. The molecule has 1 aromatic heterocycles. The molecule has 0 aliphatic heterocycles. The molecule has 2 aromatic rings. The van der Waals surface area contributed by atoms with Crippen LogP contribution in [0.3, 0.4) is 0 Å². The maximum absolute atomic E-state index is 12.8. The van der Waals surface area contributed by atoms with E-state index in [2.05, 4.69) is 4.98 Å². The first-order chi connectivity index (χ1) is 12.9. The minimum Gasteiger partial charge on any atom is -0.494 e. The highest BCUT2D eigenvalue weighted by Crippen LogP contribution is 2.35. The maximum Gasteiger partial charge on any atom is 0.355 e. The normalized spacial score (nSPS) is 17.3. The topological polar surface area (TPSA) is 68.4 Å². The Balaban J connectivity index is 1.84. The van der Waals surface area contributed by atoms with Gasteiger partial charge >= 0.3 is 5.97 Å². The summed E-state index contributed by atoms with van der Waals surface area (Å²) < 4.78 is 10.9. The number of ketones is 1. The van der Waals surface area contributed by atoms with Gasteiger partial charge < -0.3 is 14.5 Å². The molecule has 27 heavy (non-hydrogen) atoms. The molecule has 0 fully saturated rings.